The highest BCUT2D eigenvalue weighted by atomic mass is 19.1. The molecule has 2 amide bonds. The van der Waals surface area contributed by atoms with Crippen molar-refractivity contribution >= 4 is 17.5 Å². The third-order valence-electron chi connectivity index (χ3n) is 6.68. The van der Waals surface area contributed by atoms with E-state index >= 15 is 0 Å². The third-order valence-corrected chi connectivity index (χ3v) is 6.68. The van der Waals surface area contributed by atoms with Crippen molar-refractivity contribution in [3.05, 3.63) is 29.6 Å². The lowest BCUT2D eigenvalue weighted by Gasteiger charge is -2.35. The van der Waals surface area contributed by atoms with Gasteiger partial charge in [-0.25, -0.2) is 4.39 Å². The fourth-order valence-electron chi connectivity index (χ4n) is 4.75. The molecule has 2 heterocycles. The predicted molar refractivity (Wildman–Crippen MR) is 113 cm³/mol. The van der Waals surface area contributed by atoms with Gasteiger partial charge in [-0.2, -0.15) is 0 Å². The number of benzene rings is 1. The molecule has 1 aromatic rings. The van der Waals surface area contributed by atoms with Crippen LogP contribution in [0, 0.1) is 11.7 Å². The molecule has 0 spiro atoms. The number of methoxy groups -OCH3 is 1. The van der Waals surface area contributed by atoms with Crippen LogP contribution >= 0.6 is 0 Å². The quantitative estimate of drug-likeness (QED) is 0.682. The fraction of sp³-hybridized carbons (Fsp3) is 0.652. The molecule has 2 aliphatic heterocycles. The maximum atomic E-state index is 14.3. The Hall–Kier alpha value is -1.99. The molecule has 2 saturated heterocycles. The summed E-state index contributed by atoms with van der Waals surface area (Å²) in [6.45, 7) is 1.48. The predicted octanol–water partition coefficient (Wildman–Crippen LogP) is 2.86. The van der Waals surface area contributed by atoms with Gasteiger partial charge in [0.2, 0.25) is 11.8 Å². The first-order valence-corrected chi connectivity index (χ1v) is 11.2. The number of nitrogens with zero attached hydrogens (tertiary/aromatic N) is 1. The van der Waals surface area contributed by atoms with E-state index < -0.39 is 5.82 Å². The molecule has 30 heavy (non-hydrogen) atoms. The van der Waals surface area contributed by atoms with Crippen LogP contribution in [0.25, 0.3) is 0 Å². The number of amides is 2. The zero-order chi connectivity index (χ0) is 21.1. The molecule has 1 saturated carbocycles. The second-order valence-electron chi connectivity index (χ2n) is 8.85. The first kappa shape index (κ1) is 21.2. The van der Waals surface area contributed by atoms with Crippen molar-refractivity contribution in [2.24, 2.45) is 5.92 Å². The van der Waals surface area contributed by atoms with E-state index in [-0.39, 0.29) is 35.7 Å². The molecular weight excluding hydrogens is 385 g/mol. The molecule has 0 unspecified atom stereocenters. The molecule has 0 aromatic heterocycles. The summed E-state index contributed by atoms with van der Waals surface area (Å²) in [6.07, 6.45) is 7.36. The zero-order valence-electron chi connectivity index (χ0n) is 17.7. The molecule has 1 aromatic carbocycles. The second kappa shape index (κ2) is 9.43. The molecular formula is C23H32FN3O3. The van der Waals surface area contributed by atoms with Crippen LogP contribution in [-0.4, -0.2) is 55.1 Å². The molecule has 4 rings (SSSR count). The molecule has 6 nitrogen and oxygen atoms in total. The lowest BCUT2D eigenvalue weighted by molar-refractivity contribution is -0.136. The van der Waals surface area contributed by atoms with Gasteiger partial charge in [0.05, 0.1) is 17.8 Å². The molecule has 3 aliphatic rings. The Morgan fingerprint density at radius 1 is 1.37 bits per heavy atom. The summed E-state index contributed by atoms with van der Waals surface area (Å²) in [7, 11) is 1.63. The molecule has 2 N–H and O–H groups in total. The largest absolute Gasteiger partial charge is 0.380 e. The number of rotatable bonds is 8. The Balaban J connectivity index is 1.37. The molecule has 3 atom stereocenters. The highest BCUT2D eigenvalue weighted by Gasteiger charge is 2.37. The van der Waals surface area contributed by atoms with Gasteiger partial charge in [0.1, 0.15) is 5.82 Å². The first-order valence-electron chi connectivity index (χ1n) is 11.2. The molecule has 0 bridgehead atoms. The van der Waals surface area contributed by atoms with Crippen LogP contribution in [0.4, 0.5) is 10.1 Å². The van der Waals surface area contributed by atoms with Crippen molar-refractivity contribution in [2.75, 3.05) is 25.5 Å². The van der Waals surface area contributed by atoms with E-state index in [0.717, 1.165) is 37.8 Å². The number of ether oxygens (including phenoxy) is 1. The number of hydrogen-bond acceptors (Lipinski definition) is 4. The van der Waals surface area contributed by atoms with Crippen LogP contribution < -0.4 is 10.6 Å². The van der Waals surface area contributed by atoms with Crippen LogP contribution in [0.15, 0.2) is 18.2 Å². The smallest absolute Gasteiger partial charge is 0.241 e. The highest BCUT2D eigenvalue weighted by Crippen LogP contribution is 2.38. The summed E-state index contributed by atoms with van der Waals surface area (Å²) in [5, 5.41) is 5.85. The van der Waals surface area contributed by atoms with Crippen molar-refractivity contribution in [3.8, 4) is 0 Å². The molecule has 0 radical (unpaired) electrons. The van der Waals surface area contributed by atoms with Gasteiger partial charge in [-0.3, -0.25) is 9.59 Å². The number of anilines is 1. The van der Waals surface area contributed by atoms with Gasteiger partial charge < -0.3 is 20.3 Å². The average molecular weight is 418 g/mol. The maximum absolute atomic E-state index is 14.3. The van der Waals surface area contributed by atoms with Crippen molar-refractivity contribution in [1.29, 1.82) is 0 Å². The molecule has 1 aliphatic carbocycles. The van der Waals surface area contributed by atoms with Crippen LogP contribution in [0.5, 0.6) is 0 Å². The summed E-state index contributed by atoms with van der Waals surface area (Å²) in [6, 6.07) is 4.85. The van der Waals surface area contributed by atoms with Crippen molar-refractivity contribution in [1.82, 2.24) is 10.2 Å². The SMILES string of the molecule is CO[C@H]1CN[C@@H](C(=O)Nc2cc(CC[C@@H](C3CC3)N3CCCCC3=O)ccc2F)C1. The van der Waals surface area contributed by atoms with Gasteiger partial charge in [-0.05, 0) is 68.6 Å². The summed E-state index contributed by atoms with van der Waals surface area (Å²) in [4.78, 5) is 27.0. The lowest BCUT2D eigenvalue weighted by Crippen LogP contribution is -2.44. The minimum Gasteiger partial charge on any atom is -0.380 e. The van der Waals surface area contributed by atoms with E-state index in [9.17, 15) is 14.0 Å². The molecule has 3 fully saturated rings. The van der Waals surface area contributed by atoms with Gasteiger partial charge in [0.25, 0.3) is 0 Å². The summed E-state index contributed by atoms with van der Waals surface area (Å²) >= 11 is 0. The Labute approximate surface area is 177 Å². The van der Waals surface area contributed by atoms with E-state index in [4.69, 9.17) is 4.74 Å². The standard InChI is InChI=1S/C23H32FN3O3/c1-30-17-13-20(25-14-17)23(29)26-19-12-15(5-9-18(19)24)6-10-21(16-7-8-16)27-11-3-2-4-22(27)28/h5,9,12,16-17,20-21,25H,2-4,6-8,10-11,13-14H2,1H3,(H,26,29)/t17-,20-,21+/m1/s1. The number of carbonyl (C=O) groups is 2. The average Bonchev–Trinajstić information content (AvgIpc) is 3.47. The van der Waals surface area contributed by atoms with Crippen LogP contribution in [-0.2, 0) is 20.7 Å². The molecule has 164 valence electrons. The Bertz CT molecular complexity index is 783. The third kappa shape index (κ3) is 5.01. The van der Waals surface area contributed by atoms with Gasteiger partial charge in [0.15, 0.2) is 0 Å². The van der Waals surface area contributed by atoms with Gasteiger partial charge in [-0.15, -0.1) is 0 Å². The number of aryl methyl sites for hydroxylation is 1. The number of piperidine rings is 1. The maximum Gasteiger partial charge on any atom is 0.241 e. The summed E-state index contributed by atoms with van der Waals surface area (Å²) in [5.41, 5.74) is 1.20. The minimum absolute atomic E-state index is 0.00814. The van der Waals surface area contributed by atoms with E-state index in [2.05, 4.69) is 15.5 Å². The Morgan fingerprint density at radius 2 is 2.20 bits per heavy atom. The van der Waals surface area contributed by atoms with Crippen molar-refractivity contribution < 1.29 is 18.7 Å². The molecule has 7 heteroatoms. The normalized spacial score (nSPS) is 25.4. The number of nitrogens with one attached hydrogen (secondary N) is 2. The van der Waals surface area contributed by atoms with E-state index in [1.165, 1.54) is 18.9 Å². The van der Waals surface area contributed by atoms with Crippen LogP contribution in [0.1, 0.15) is 50.5 Å². The van der Waals surface area contributed by atoms with Crippen molar-refractivity contribution in [2.45, 2.75) is 69.6 Å². The van der Waals surface area contributed by atoms with E-state index in [0.29, 0.717) is 25.3 Å². The van der Waals surface area contributed by atoms with Crippen molar-refractivity contribution in [3.63, 3.8) is 0 Å². The first-order chi connectivity index (χ1) is 14.5. The van der Waals surface area contributed by atoms with Crippen LogP contribution in [0.2, 0.25) is 0 Å². The summed E-state index contributed by atoms with van der Waals surface area (Å²) in [5.74, 6) is 0.219. The monoisotopic (exact) mass is 417 g/mol. The highest BCUT2D eigenvalue weighted by molar-refractivity contribution is 5.95. The van der Waals surface area contributed by atoms with Gasteiger partial charge in [-0.1, -0.05) is 6.07 Å². The number of likely N-dealkylation sites (tertiary alicyclic amines) is 1. The van der Waals surface area contributed by atoms with Crippen LogP contribution in [0.3, 0.4) is 0 Å². The Morgan fingerprint density at radius 3 is 2.90 bits per heavy atom. The fourth-order valence-corrected chi connectivity index (χ4v) is 4.75. The topological polar surface area (TPSA) is 70.7 Å². The summed E-state index contributed by atoms with van der Waals surface area (Å²) < 4.78 is 19.6. The number of carbonyl (C=O) groups excluding carboxylic acids is 2. The van der Waals surface area contributed by atoms with Gasteiger partial charge >= 0.3 is 0 Å². The van der Waals surface area contributed by atoms with E-state index in [1.807, 2.05) is 0 Å². The van der Waals surface area contributed by atoms with E-state index in [1.54, 1.807) is 19.2 Å². The second-order valence-corrected chi connectivity index (χ2v) is 8.85. The zero-order valence-corrected chi connectivity index (χ0v) is 17.7. The number of hydrogen-bond donors (Lipinski definition) is 2. The van der Waals surface area contributed by atoms with Gasteiger partial charge in [0, 0.05) is 32.7 Å². The number of halogens is 1. The minimum atomic E-state index is -0.432. The lowest BCUT2D eigenvalue weighted by atomic mass is 9.97. The Kier molecular flexibility index (Phi) is 6.68.